The van der Waals surface area contributed by atoms with Gasteiger partial charge in [-0.3, -0.25) is 0 Å². The van der Waals surface area contributed by atoms with Gasteiger partial charge in [-0.25, -0.2) is 9.59 Å². The van der Waals surface area contributed by atoms with Gasteiger partial charge in [0.2, 0.25) is 0 Å². The molecule has 2 rings (SSSR count). The summed E-state index contributed by atoms with van der Waals surface area (Å²) in [6.07, 6.45) is 2.37. The normalized spacial score (nSPS) is 33.9. The third-order valence-electron chi connectivity index (χ3n) is 3.22. The van der Waals surface area contributed by atoms with Crippen molar-refractivity contribution < 1.29 is 14.7 Å². The second kappa shape index (κ2) is 3.72. The van der Waals surface area contributed by atoms with E-state index in [1.807, 2.05) is 0 Å². The second-order valence-electron chi connectivity index (χ2n) is 4.46. The summed E-state index contributed by atoms with van der Waals surface area (Å²) < 4.78 is 0. The van der Waals surface area contributed by atoms with Crippen molar-refractivity contribution in [3.8, 4) is 0 Å². The first-order valence-corrected chi connectivity index (χ1v) is 5.39. The van der Waals surface area contributed by atoms with E-state index < -0.39 is 12.0 Å². The fourth-order valence-corrected chi connectivity index (χ4v) is 2.03. The number of urea groups is 1. The van der Waals surface area contributed by atoms with Crippen molar-refractivity contribution in [3.05, 3.63) is 0 Å². The molecule has 0 aromatic carbocycles. The van der Waals surface area contributed by atoms with Crippen LogP contribution in [0.4, 0.5) is 4.79 Å². The highest BCUT2D eigenvalue weighted by molar-refractivity contribution is 5.83. The fraction of sp³-hybridized carbons (Fsp3) is 0.800. The number of nitrogens with zero attached hydrogens (tertiary/aromatic N) is 1. The Kier molecular flexibility index (Phi) is 2.54. The Hall–Kier alpha value is -1.26. The van der Waals surface area contributed by atoms with Gasteiger partial charge in [0.1, 0.15) is 6.04 Å². The number of carboxylic acid groups (broad SMARTS) is 1. The molecule has 1 saturated heterocycles. The summed E-state index contributed by atoms with van der Waals surface area (Å²) in [5, 5.41) is 11.8. The van der Waals surface area contributed by atoms with Crippen molar-refractivity contribution in [1.82, 2.24) is 10.2 Å². The van der Waals surface area contributed by atoms with E-state index in [0.717, 1.165) is 12.8 Å². The topological polar surface area (TPSA) is 69.6 Å². The number of carbonyl (C=O) groups excluding carboxylic acids is 1. The first kappa shape index (κ1) is 10.3. The third-order valence-corrected chi connectivity index (χ3v) is 3.22. The highest BCUT2D eigenvalue weighted by Gasteiger charge is 2.39. The standard InChI is InChI=1S/C10H16N2O3/c1-6-5-7(6)11-10(15)12-4-2-3-8(12)9(13)14/h6-8H,2-5H2,1H3,(H,11,15)(H,13,14). The van der Waals surface area contributed by atoms with Gasteiger partial charge in [0.15, 0.2) is 0 Å². The third kappa shape index (κ3) is 2.06. The number of hydrogen-bond acceptors (Lipinski definition) is 2. The van der Waals surface area contributed by atoms with Crippen LogP contribution in [0.1, 0.15) is 26.2 Å². The van der Waals surface area contributed by atoms with E-state index in [2.05, 4.69) is 12.2 Å². The molecule has 0 spiro atoms. The lowest BCUT2D eigenvalue weighted by atomic mass is 10.2. The van der Waals surface area contributed by atoms with Crippen LogP contribution in [0.3, 0.4) is 0 Å². The van der Waals surface area contributed by atoms with Crippen molar-refractivity contribution in [2.24, 2.45) is 5.92 Å². The maximum atomic E-state index is 11.7. The highest BCUT2D eigenvalue weighted by Crippen LogP contribution is 2.29. The zero-order valence-corrected chi connectivity index (χ0v) is 8.77. The predicted molar refractivity (Wildman–Crippen MR) is 53.5 cm³/mol. The largest absolute Gasteiger partial charge is 0.480 e. The quantitative estimate of drug-likeness (QED) is 0.706. The van der Waals surface area contributed by atoms with E-state index in [1.165, 1.54) is 4.90 Å². The van der Waals surface area contributed by atoms with Crippen LogP contribution in [-0.2, 0) is 4.79 Å². The molecule has 1 saturated carbocycles. The molecule has 1 aliphatic carbocycles. The van der Waals surface area contributed by atoms with Gasteiger partial charge in [-0.15, -0.1) is 0 Å². The van der Waals surface area contributed by atoms with Crippen LogP contribution in [-0.4, -0.2) is 40.6 Å². The molecule has 1 aliphatic heterocycles. The molecule has 2 N–H and O–H groups in total. The smallest absolute Gasteiger partial charge is 0.326 e. The zero-order valence-electron chi connectivity index (χ0n) is 8.77. The summed E-state index contributed by atoms with van der Waals surface area (Å²) >= 11 is 0. The Balaban J connectivity index is 1.91. The van der Waals surface area contributed by atoms with Crippen LogP contribution in [0, 0.1) is 5.92 Å². The van der Waals surface area contributed by atoms with Crippen LogP contribution in [0.2, 0.25) is 0 Å². The number of likely N-dealkylation sites (tertiary alicyclic amines) is 1. The summed E-state index contributed by atoms with van der Waals surface area (Å²) in [6, 6.07) is -0.583. The van der Waals surface area contributed by atoms with Crippen molar-refractivity contribution in [2.45, 2.75) is 38.3 Å². The maximum Gasteiger partial charge on any atom is 0.326 e. The van der Waals surface area contributed by atoms with Gasteiger partial charge in [-0.05, 0) is 25.2 Å². The molecule has 5 heteroatoms. The molecule has 2 amide bonds. The molecule has 3 unspecified atom stereocenters. The lowest BCUT2D eigenvalue weighted by Crippen LogP contribution is -2.46. The van der Waals surface area contributed by atoms with Crippen molar-refractivity contribution in [1.29, 1.82) is 0 Å². The Bertz CT molecular complexity index is 292. The number of hydrogen-bond donors (Lipinski definition) is 2. The van der Waals surface area contributed by atoms with Crippen LogP contribution in [0.15, 0.2) is 0 Å². The Morgan fingerprint density at radius 2 is 2.13 bits per heavy atom. The van der Waals surface area contributed by atoms with E-state index in [0.29, 0.717) is 18.9 Å². The number of amides is 2. The van der Waals surface area contributed by atoms with Crippen LogP contribution in [0.25, 0.3) is 0 Å². The zero-order chi connectivity index (χ0) is 11.0. The molecule has 0 radical (unpaired) electrons. The molecule has 5 nitrogen and oxygen atoms in total. The first-order chi connectivity index (χ1) is 7.09. The van der Waals surface area contributed by atoms with Crippen molar-refractivity contribution in [2.75, 3.05) is 6.54 Å². The monoisotopic (exact) mass is 212 g/mol. The van der Waals surface area contributed by atoms with Crippen LogP contribution in [0.5, 0.6) is 0 Å². The summed E-state index contributed by atoms with van der Waals surface area (Å²) in [4.78, 5) is 24.0. The van der Waals surface area contributed by atoms with Gasteiger partial charge >= 0.3 is 12.0 Å². The van der Waals surface area contributed by atoms with E-state index in [9.17, 15) is 9.59 Å². The molecule has 3 atom stereocenters. The molecule has 2 fully saturated rings. The summed E-state index contributed by atoms with van der Waals surface area (Å²) in [5.74, 6) is -0.355. The van der Waals surface area contributed by atoms with E-state index >= 15 is 0 Å². The van der Waals surface area contributed by atoms with Gasteiger partial charge in [0, 0.05) is 12.6 Å². The minimum Gasteiger partial charge on any atom is -0.480 e. The molecule has 0 bridgehead atoms. The first-order valence-electron chi connectivity index (χ1n) is 5.39. The maximum absolute atomic E-state index is 11.7. The minimum atomic E-state index is -0.897. The van der Waals surface area contributed by atoms with Gasteiger partial charge in [0.25, 0.3) is 0 Å². The van der Waals surface area contributed by atoms with E-state index in [4.69, 9.17) is 5.11 Å². The molecular formula is C10H16N2O3. The van der Waals surface area contributed by atoms with Gasteiger partial charge in [0.05, 0.1) is 0 Å². The van der Waals surface area contributed by atoms with Gasteiger partial charge < -0.3 is 15.3 Å². The summed E-state index contributed by atoms with van der Waals surface area (Å²) in [7, 11) is 0. The number of carboxylic acids is 1. The van der Waals surface area contributed by atoms with E-state index in [-0.39, 0.29) is 12.1 Å². The number of rotatable bonds is 2. The number of aliphatic carboxylic acids is 1. The Morgan fingerprint density at radius 1 is 1.47 bits per heavy atom. The average Bonchev–Trinajstić information content (AvgIpc) is 2.71. The minimum absolute atomic E-state index is 0.214. The second-order valence-corrected chi connectivity index (χ2v) is 4.46. The van der Waals surface area contributed by atoms with Crippen molar-refractivity contribution in [3.63, 3.8) is 0 Å². The lowest BCUT2D eigenvalue weighted by Gasteiger charge is -2.21. The Labute approximate surface area is 88.4 Å². The van der Waals surface area contributed by atoms with Crippen LogP contribution >= 0.6 is 0 Å². The number of nitrogens with one attached hydrogen (secondary N) is 1. The summed E-state index contributed by atoms with van der Waals surface area (Å²) in [6.45, 7) is 2.63. The molecule has 84 valence electrons. The van der Waals surface area contributed by atoms with Crippen LogP contribution < -0.4 is 5.32 Å². The molecular weight excluding hydrogens is 196 g/mol. The van der Waals surface area contributed by atoms with E-state index in [1.54, 1.807) is 0 Å². The molecule has 15 heavy (non-hydrogen) atoms. The summed E-state index contributed by atoms with van der Waals surface area (Å²) in [5.41, 5.74) is 0. The molecule has 1 heterocycles. The predicted octanol–water partition coefficient (Wildman–Crippen LogP) is 0.653. The van der Waals surface area contributed by atoms with Crippen molar-refractivity contribution >= 4 is 12.0 Å². The average molecular weight is 212 g/mol. The van der Waals surface area contributed by atoms with Gasteiger partial charge in [-0.2, -0.15) is 0 Å². The van der Waals surface area contributed by atoms with Gasteiger partial charge in [-0.1, -0.05) is 6.92 Å². The molecule has 0 aromatic rings. The number of carbonyl (C=O) groups is 2. The lowest BCUT2D eigenvalue weighted by molar-refractivity contribution is -0.141. The molecule has 2 aliphatic rings. The fourth-order valence-electron chi connectivity index (χ4n) is 2.03. The SMILES string of the molecule is CC1CC1NC(=O)N1CCCC1C(=O)O. The molecule has 0 aromatic heterocycles. The Morgan fingerprint density at radius 3 is 2.67 bits per heavy atom. The highest BCUT2D eigenvalue weighted by atomic mass is 16.4.